The minimum Gasteiger partial charge on any atom is -0.387 e. The lowest BCUT2D eigenvalue weighted by atomic mass is 9.98. The number of aliphatic hydroxyl groups is 4. The molecule has 2 aliphatic heterocycles. The highest BCUT2D eigenvalue weighted by atomic mass is 32.2. The van der Waals surface area contributed by atoms with Gasteiger partial charge in [-0.3, -0.25) is 9.59 Å². The third-order valence-corrected chi connectivity index (χ3v) is 7.07. The number of carbonyl (C=O) groups is 2. The average Bonchev–Trinajstić information content (AvgIpc) is 3.24. The van der Waals surface area contributed by atoms with Crippen LogP contribution in [0.5, 0.6) is 0 Å². The molecule has 2 amide bonds. The maximum atomic E-state index is 13.3. The fourth-order valence-electron chi connectivity index (χ4n) is 4.02. The molecule has 0 unspecified atom stereocenters. The van der Waals surface area contributed by atoms with Gasteiger partial charge in [-0.25, -0.2) is 0 Å². The van der Waals surface area contributed by atoms with Gasteiger partial charge < -0.3 is 30.6 Å². The third kappa shape index (κ3) is 4.07. The standard InChI is InChI=1S/C22H24N2O6S/c25-16-17(26)19(28)22-24(21(30)18(16)27)14(11-31-22)20(29)23-15(12-7-3-1-4-8-12)13-9-5-2-6-10-13/h1-10,14-19,22,25-28H,11H2,(H,23,29)/t14-,16-,17-,18-,19+,22+/m0/s1. The molecular weight excluding hydrogens is 420 g/mol. The number of carbonyl (C=O) groups excluding carboxylic acids is 2. The quantitative estimate of drug-likeness (QED) is 0.435. The number of rotatable bonds is 4. The summed E-state index contributed by atoms with van der Waals surface area (Å²) in [6.45, 7) is 0. The molecular formula is C22H24N2O6S. The van der Waals surface area contributed by atoms with Crippen LogP contribution in [0, 0.1) is 0 Å². The van der Waals surface area contributed by atoms with E-state index < -0.39 is 53.7 Å². The molecule has 31 heavy (non-hydrogen) atoms. The van der Waals surface area contributed by atoms with E-state index in [0.29, 0.717) is 0 Å². The largest absolute Gasteiger partial charge is 0.387 e. The first kappa shape index (κ1) is 21.8. The van der Waals surface area contributed by atoms with Crippen LogP contribution in [0.1, 0.15) is 17.2 Å². The number of amides is 2. The molecule has 0 bridgehead atoms. The van der Waals surface area contributed by atoms with E-state index in [2.05, 4.69) is 5.32 Å². The number of hydrogen-bond donors (Lipinski definition) is 5. The van der Waals surface area contributed by atoms with Gasteiger partial charge in [-0.1, -0.05) is 60.7 Å². The minimum absolute atomic E-state index is 0.186. The fourth-order valence-corrected chi connectivity index (χ4v) is 5.48. The van der Waals surface area contributed by atoms with E-state index in [0.717, 1.165) is 27.8 Å². The minimum atomic E-state index is -1.93. The maximum Gasteiger partial charge on any atom is 0.255 e. The molecule has 5 N–H and O–H groups in total. The lowest BCUT2D eigenvalue weighted by Crippen LogP contribution is -2.54. The molecule has 8 nitrogen and oxygen atoms in total. The first-order valence-corrected chi connectivity index (χ1v) is 11.0. The summed E-state index contributed by atoms with van der Waals surface area (Å²) in [5, 5.41) is 42.6. The van der Waals surface area contributed by atoms with E-state index in [9.17, 15) is 30.0 Å². The molecule has 9 heteroatoms. The van der Waals surface area contributed by atoms with Gasteiger partial charge in [0.25, 0.3) is 5.91 Å². The Morgan fingerprint density at radius 1 is 0.903 bits per heavy atom. The van der Waals surface area contributed by atoms with E-state index >= 15 is 0 Å². The van der Waals surface area contributed by atoms with Crippen molar-refractivity contribution in [3.05, 3.63) is 71.8 Å². The van der Waals surface area contributed by atoms with Gasteiger partial charge >= 0.3 is 0 Å². The number of nitrogens with one attached hydrogen (secondary N) is 1. The molecule has 0 aliphatic carbocycles. The van der Waals surface area contributed by atoms with Crippen LogP contribution in [0.25, 0.3) is 0 Å². The monoisotopic (exact) mass is 444 g/mol. The summed E-state index contributed by atoms with van der Waals surface area (Å²) in [5.41, 5.74) is 1.72. The van der Waals surface area contributed by atoms with E-state index in [4.69, 9.17) is 0 Å². The summed E-state index contributed by atoms with van der Waals surface area (Å²) in [6, 6.07) is 17.3. The van der Waals surface area contributed by atoms with E-state index in [1.165, 1.54) is 0 Å². The summed E-state index contributed by atoms with van der Waals surface area (Å²) in [4.78, 5) is 27.1. The molecule has 2 aromatic carbocycles. The van der Waals surface area contributed by atoms with Crippen LogP contribution >= 0.6 is 11.8 Å². The number of nitrogens with zero attached hydrogens (tertiary/aromatic N) is 1. The predicted molar refractivity (Wildman–Crippen MR) is 114 cm³/mol. The van der Waals surface area contributed by atoms with Crippen molar-refractivity contribution in [3.8, 4) is 0 Å². The van der Waals surface area contributed by atoms with Crippen LogP contribution in [0.2, 0.25) is 0 Å². The Morgan fingerprint density at radius 3 is 2.00 bits per heavy atom. The molecule has 2 aliphatic rings. The van der Waals surface area contributed by atoms with Gasteiger partial charge in [0.05, 0.1) is 6.04 Å². The van der Waals surface area contributed by atoms with Crippen LogP contribution in [-0.4, -0.2) is 78.7 Å². The molecule has 2 saturated heterocycles. The summed E-state index contributed by atoms with van der Waals surface area (Å²) >= 11 is 1.13. The SMILES string of the molecule is O=C(NC(c1ccccc1)c1ccccc1)[C@@H]1CS[C@@H]2[C@H](O)[C@@H](O)[C@H](O)[C@H](O)C(=O)N21. The second-order valence-electron chi connectivity index (χ2n) is 7.66. The lowest BCUT2D eigenvalue weighted by Gasteiger charge is -2.31. The molecule has 164 valence electrons. The van der Waals surface area contributed by atoms with Crippen molar-refractivity contribution >= 4 is 23.6 Å². The second kappa shape index (κ2) is 8.97. The van der Waals surface area contributed by atoms with Gasteiger partial charge in [0, 0.05) is 5.75 Å². The lowest BCUT2D eigenvalue weighted by molar-refractivity contribution is -0.151. The molecule has 0 spiro atoms. The number of thioether (sulfide) groups is 1. The molecule has 2 aromatic rings. The molecule has 6 atom stereocenters. The molecule has 2 fully saturated rings. The van der Waals surface area contributed by atoms with E-state index in [1.807, 2.05) is 60.7 Å². The van der Waals surface area contributed by atoms with Crippen molar-refractivity contribution in [2.75, 3.05) is 5.75 Å². The zero-order valence-corrected chi connectivity index (χ0v) is 17.3. The summed E-state index contributed by atoms with van der Waals surface area (Å²) in [7, 11) is 0. The van der Waals surface area contributed by atoms with Crippen molar-refractivity contribution in [2.45, 2.75) is 41.9 Å². The second-order valence-corrected chi connectivity index (χ2v) is 8.81. The van der Waals surface area contributed by atoms with Gasteiger partial charge in [-0.05, 0) is 11.1 Å². The van der Waals surface area contributed by atoms with Gasteiger partial charge in [-0.2, -0.15) is 0 Å². The van der Waals surface area contributed by atoms with Gasteiger partial charge in [-0.15, -0.1) is 11.8 Å². The van der Waals surface area contributed by atoms with Crippen molar-refractivity contribution in [3.63, 3.8) is 0 Å². The van der Waals surface area contributed by atoms with Gasteiger partial charge in [0.2, 0.25) is 5.91 Å². The molecule has 4 rings (SSSR count). The van der Waals surface area contributed by atoms with E-state index in [-0.39, 0.29) is 5.75 Å². The Morgan fingerprint density at radius 2 is 1.45 bits per heavy atom. The first-order valence-electron chi connectivity index (χ1n) is 9.96. The van der Waals surface area contributed by atoms with Crippen LogP contribution in [0.3, 0.4) is 0 Å². The Balaban J connectivity index is 1.62. The highest BCUT2D eigenvalue weighted by Crippen LogP contribution is 2.37. The first-order chi connectivity index (χ1) is 14.9. The van der Waals surface area contributed by atoms with Gasteiger partial charge in [0.1, 0.15) is 29.7 Å². The highest BCUT2D eigenvalue weighted by Gasteiger charge is 2.53. The van der Waals surface area contributed by atoms with E-state index in [1.54, 1.807) is 0 Å². The zero-order chi connectivity index (χ0) is 22.1. The Hall–Kier alpha value is -2.43. The van der Waals surface area contributed by atoms with Crippen LogP contribution in [-0.2, 0) is 9.59 Å². The summed E-state index contributed by atoms with van der Waals surface area (Å²) in [6.07, 6.45) is -6.97. The van der Waals surface area contributed by atoms with Gasteiger partial charge in [0.15, 0.2) is 6.10 Å². The van der Waals surface area contributed by atoms with Crippen LogP contribution in [0.15, 0.2) is 60.7 Å². The highest BCUT2D eigenvalue weighted by molar-refractivity contribution is 8.00. The van der Waals surface area contributed by atoms with Crippen LogP contribution in [0.4, 0.5) is 0 Å². The number of hydrogen-bond acceptors (Lipinski definition) is 7. The number of fused-ring (bicyclic) bond motifs is 1. The molecule has 0 aromatic heterocycles. The number of benzene rings is 2. The molecule has 0 saturated carbocycles. The van der Waals surface area contributed by atoms with Crippen molar-refractivity contribution in [1.82, 2.24) is 10.2 Å². The molecule has 0 radical (unpaired) electrons. The van der Waals surface area contributed by atoms with Crippen molar-refractivity contribution < 1.29 is 30.0 Å². The maximum absolute atomic E-state index is 13.3. The normalized spacial score (nSPS) is 30.7. The molecule has 2 heterocycles. The Labute approximate surface area is 183 Å². The summed E-state index contributed by atoms with van der Waals surface area (Å²) in [5.74, 6) is -1.16. The third-order valence-electron chi connectivity index (χ3n) is 5.71. The van der Waals surface area contributed by atoms with Crippen molar-refractivity contribution in [2.24, 2.45) is 0 Å². The number of aliphatic hydroxyl groups excluding tert-OH is 4. The zero-order valence-electron chi connectivity index (χ0n) is 16.5. The van der Waals surface area contributed by atoms with Crippen LogP contribution < -0.4 is 5.32 Å². The Bertz CT molecular complexity index is 891. The average molecular weight is 445 g/mol. The predicted octanol–water partition coefficient (Wildman–Crippen LogP) is -0.381. The Kier molecular flexibility index (Phi) is 6.31. The fraction of sp³-hybridized carbons (Fsp3) is 0.364. The van der Waals surface area contributed by atoms with Crippen molar-refractivity contribution in [1.29, 1.82) is 0 Å². The summed E-state index contributed by atoms with van der Waals surface area (Å²) < 4.78 is 0. The topological polar surface area (TPSA) is 130 Å². The smallest absolute Gasteiger partial charge is 0.255 e.